The number of nitrogens with one attached hydrogen (secondary N) is 1. The first kappa shape index (κ1) is 33.9. The van der Waals surface area contributed by atoms with Crippen LogP contribution in [-0.4, -0.2) is 53.5 Å². The van der Waals surface area contributed by atoms with Crippen LogP contribution in [0.2, 0.25) is 0 Å². The molecule has 0 amide bonds. The molecule has 0 aliphatic heterocycles. The highest BCUT2D eigenvalue weighted by Gasteiger charge is 2.24. The van der Waals surface area contributed by atoms with Gasteiger partial charge < -0.3 is 29.4 Å². The van der Waals surface area contributed by atoms with E-state index in [0.717, 1.165) is 12.8 Å². The van der Waals surface area contributed by atoms with Crippen molar-refractivity contribution in [1.82, 2.24) is 5.32 Å². The van der Waals surface area contributed by atoms with Crippen LogP contribution in [0.3, 0.4) is 0 Å². The van der Waals surface area contributed by atoms with E-state index in [0.29, 0.717) is 5.56 Å². The molecular formula is C29H45NO9. The van der Waals surface area contributed by atoms with Crippen LogP contribution in [0, 0.1) is 11.8 Å². The molecule has 1 aromatic rings. The lowest BCUT2D eigenvalue weighted by atomic mass is 10.0. The molecule has 2 N–H and O–H groups in total. The average Bonchev–Trinajstić information content (AvgIpc) is 2.81. The third-order valence-electron chi connectivity index (χ3n) is 5.96. The first-order valence-electron chi connectivity index (χ1n) is 13.5. The lowest BCUT2D eigenvalue weighted by molar-refractivity contribution is -0.139. The second-order valence-electron chi connectivity index (χ2n) is 11.1. The Kier molecular flexibility index (Phi) is 14.0. The van der Waals surface area contributed by atoms with Gasteiger partial charge in [0.05, 0.1) is 0 Å². The fourth-order valence-corrected chi connectivity index (χ4v) is 3.30. The highest BCUT2D eigenvalue weighted by Crippen LogP contribution is 2.31. The molecule has 0 spiro atoms. The minimum absolute atomic E-state index is 0.0332. The predicted molar refractivity (Wildman–Crippen MR) is 146 cm³/mol. The summed E-state index contributed by atoms with van der Waals surface area (Å²) in [6, 6.07) is 3.61. The Balaban J connectivity index is 3.01. The first-order valence-corrected chi connectivity index (χ1v) is 13.5. The van der Waals surface area contributed by atoms with Crippen molar-refractivity contribution in [3.63, 3.8) is 0 Å². The van der Waals surface area contributed by atoms with Gasteiger partial charge in [-0.2, -0.15) is 0 Å². The molecule has 10 nitrogen and oxygen atoms in total. The molecule has 1 rings (SSSR count). The molecule has 0 heterocycles. The largest absolute Gasteiger partial charge is 0.509 e. The SMILES string of the molecule is CCC(C)CC(=O)Oc1ccc(C[C@H](NCC(C)OC(=O)OC(C)(C)C)C(=O)O)cc1OC(=O)CC(C)CC. The maximum atomic E-state index is 12.5. The molecule has 0 aromatic heterocycles. The topological polar surface area (TPSA) is 137 Å². The van der Waals surface area contributed by atoms with Gasteiger partial charge in [-0.1, -0.05) is 46.6 Å². The molecule has 0 bridgehead atoms. The van der Waals surface area contributed by atoms with E-state index in [9.17, 15) is 24.3 Å². The summed E-state index contributed by atoms with van der Waals surface area (Å²) in [5.41, 5.74) is -0.165. The maximum absolute atomic E-state index is 12.5. The summed E-state index contributed by atoms with van der Waals surface area (Å²) in [7, 11) is 0. The summed E-state index contributed by atoms with van der Waals surface area (Å²) < 4.78 is 21.4. The van der Waals surface area contributed by atoms with E-state index in [2.05, 4.69) is 5.32 Å². The quantitative estimate of drug-likeness (QED) is 0.218. The van der Waals surface area contributed by atoms with Gasteiger partial charge in [-0.15, -0.1) is 0 Å². The van der Waals surface area contributed by atoms with E-state index >= 15 is 0 Å². The number of carbonyl (C=O) groups is 4. The van der Waals surface area contributed by atoms with Crippen molar-refractivity contribution in [2.75, 3.05) is 6.54 Å². The Labute approximate surface area is 231 Å². The Morgan fingerprint density at radius 2 is 1.44 bits per heavy atom. The number of rotatable bonds is 15. The van der Waals surface area contributed by atoms with Gasteiger partial charge in [0.15, 0.2) is 11.5 Å². The zero-order valence-corrected chi connectivity index (χ0v) is 24.5. The zero-order chi connectivity index (χ0) is 29.8. The number of carboxylic acid groups (broad SMARTS) is 1. The van der Waals surface area contributed by atoms with Crippen LogP contribution in [0.15, 0.2) is 18.2 Å². The number of hydrogen-bond donors (Lipinski definition) is 2. The van der Waals surface area contributed by atoms with Crippen LogP contribution in [0.5, 0.6) is 11.5 Å². The molecule has 0 aliphatic rings. The zero-order valence-electron chi connectivity index (χ0n) is 24.5. The number of benzene rings is 1. The maximum Gasteiger partial charge on any atom is 0.509 e. The second-order valence-corrected chi connectivity index (χ2v) is 11.1. The van der Waals surface area contributed by atoms with E-state index in [1.54, 1.807) is 33.8 Å². The third-order valence-corrected chi connectivity index (χ3v) is 5.96. The molecule has 0 saturated carbocycles. The lowest BCUT2D eigenvalue weighted by Gasteiger charge is -2.22. The standard InChI is InChI=1S/C29H45NO9/c1-9-18(3)13-25(31)37-23-12-11-21(16-24(23)38-26(32)14-19(4)10-2)15-22(27(33)34)30-17-20(5)36-28(35)39-29(6,7)8/h11-12,16,18-20,22,30H,9-10,13-15,17H2,1-8H3,(H,33,34)/t18?,19?,20?,22-/m0/s1. The summed E-state index contributed by atoms with van der Waals surface area (Å²) in [5.74, 6) is -1.62. The highest BCUT2D eigenvalue weighted by molar-refractivity contribution is 5.77. The number of carboxylic acids is 1. The van der Waals surface area contributed by atoms with Crippen LogP contribution in [0.4, 0.5) is 4.79 Å². The molecule has 0 aliphatic carbocycles. The minimum atomic E-state index is -1.11. The van der Waals surface area contributed by atoms with Crippen LogP contribution < -0.4 is 14.8 Å². The van der Waals surface area contributed by atoms with Gasteiger partial charge in [0.2, 0.25) is 0 Å². The summed E-state index contributed by atoms with van der Waals surface area (Å²) in [5, 5.41) is 12.6. The molecule has 10 heteroatoms. The van der Waals surface area contributed by atoms with Crippen molar-refractivity contribution in [3.8, 4) is 11.5 Å². The van der Waals surface area contributed by atoms with E-state index < -0.39 is 41.8 Å². The Morgan fingerprint density at radius 3 is 1.92 bits per heavy atom. The van der Waals surface area contributed by atoms with Gasteiger partial charge in [-0.05, 0) is 63.6 Å². The van der Waals surface area contributed by atoms with Crippen molar-refractivity contribution >= 4 is 24.1 Å². The number of esters is 2. The van der Waals surface area contributed by atoms with Crippen molar-refractivity contribution in [2.45, 2.75) is 105 Å². The predicted octanol–water partition coefficient (Wildman–Crippen LogP) is 5.30. The Bertz CT molecular complexity index is 970. The lowest BCUT2D eigenvalue weighted by Crippen LogP contribution is -2.43. The molecule has 0 saturated heterocycles. The molecule has 1 aromatic carbocycles. The van der Waals surface area contributed by atoms with Crippen molar-refractivity contribution in [3.05, 3.63) is 23.8 Å². The molecule has 220 valence electrons. The van der Waals surface area contributed by atoms with Crippen molar-refractivity contribution in [1.29, 1.82) is 0 Å². The Hall–Kier alpha value is -3.14. The molecular weight excluding hydrogens is 506 g/mol. The van der Waals surface area contributed by atoms with Gasteiger partial charge in [0.1, 0.15) is 17.7 Å². The van der Waals surface area contributed by atoms with Crippen molar-refractivity contribution < 1.29 is 43.2 Å². The fraction of sp³-hybridized carbons (Fsp3) is 0.655. The summed E-state index contributed by atoms with van der Waals surface area (Å²) in [4.78, 5) is 48.7. The number of hydrogen-bond acceptors (Lipinski definition) is 9. The van der Waals surface area contributed by atoms with Crippen LogP contribution in [0.25, 0.3) is 0 Å². The number of ether oxygens (including phenoxy) is 4. The molecule has 39 heavy (non-hydrogen) atoms. The molecule has 0 radical (unpaired) electrons. The molecule has 4 atom stereocenters. The van der Waals surface area contributed by atoms with E-state index in [4.69, 9.17) is 18.9 Å². The third kappa shape index (κ3) is 14.0. The van der Waals surface area contributed by atoms with Gasteiger partial charge in [0, 0.05) is 19.4 Å². The molecule has 0 fully saturated rings. The van der Waals surface area contributed by atoms with Crippen molar-refractivity contribution in [2.24, 2.45) is 11.8 Å². The van der Waals surface area contributed by atoms with E-state index in [-0.39, 0.29) is 49.1 Å². The van der Waals surface area contributed by atoms with Gasteiger partial charge in [-0.25, -0.2) is 4.79 Å². The number of aliphatic carboxylic acids is 1. The highest BCUT2D eigenvalue weighted by atomic mass is 16.7. The van der Waals surface area contributed by atoms with Gasteiger partial charge >= 0.3 is 24.1 Å². The summed E-state index contributed by atoms with van der Waals surface area (Å²) in [6.45, 7) is 14.6. The second kappa shape index (κ2) is 16.1. The van der Waals surface area contributed by atoms with Crippen LogP contribution in [-0.2, 0) is 30.3 Å². The smallest absolute Gasteiger partial charge is 0.480 e. The van der Waals surface area contributed by atoms with Gasteiger partial charge in [-0.3, -0.25) is 14.4 Å². The van der Waals surface area contributed by atoms with E-state index in [1.807, 2.05) is 27.7 Å². The first-order chi connectivity index (χ1) is 18.1. The molecule has 3 unspecified atom stereocenters. The summed E-state index contributed by atoms with van der Waals surface area (Å²) >= 11 is 0. The fourth-order valence-electron chi connectivity index (χ4n) is 3.30. The normalized spacial score (nSPS) is 14.5. The average molecular weight is 552 g/mol. The van der Waals surface area contributed by atoms with Crippen LogP contribution in [0.1, 0.15) is 86.6 Å². The monoisotopic (exact) mass is 551 g/mol. The van der Waals surface area contributed by atoms with Gasteiger partial charge in [0.25, 0.3) is 0 Å². The van der Waals surface area contributed by atoms with Crippen LogP contribution >= 0.6 is 0 Å². The number of carbonyl (C=O) groups excluding carboxylic acids is 3. The summed E-state index contributed by atoms with van der Waals surface area (Å²) in [6.07, 6.45) is 0.565. The van der Waals surface area contributed by atoms with E-state index in [1.165, 1.54) is 12.1 Å². The minimum Gasteiger partial charge on any atom is -0.480 e. The Morgan fingerprint density at radius 1 is 0.897 bits per heavy atom.